The second-order valence-corrected chi connectivity index (χ2v) is 5.14. The van der Waals surface area contributed by atoms with Crippen LogP contribution in [0.25, 0.3) is 0 Å². The van der Waals surface area contributed by atoms with Crippen molar-refractivity contribution in [3.8, 4) is 0 Å². The van der Waals surface area contributed by atoms with E-state index in [4.69, 9.17) is 9.47 Å². The van der Waals surface area contributed by atoms with Gasteiger partial charge in [0, 0.05) is 5.57 Å². The summed E-state index contributed by atoms with van der Waals surface area (Å²) in [6.07, 6.45) is 0. The van der Waals surface area contributed by atoms with Crippen molar-refractivity contribution in [1.82, 2.24) is 10.6 Å². The van der Waals surface area contributed by atoms with Gasteiger partial charge in [0.1, 0.15) is 13.2 Å². The SMILES string of the molecule is C=C(C)C(=O)OCCNC(=O)N[C@@H](CO)C(=O)OCc1ccccc1. The molecule has 0 saturated heterocycles. The molecule has 0 aliphatic rings. The van der Waals surface area contributed by atoms with Crippen molar-refractivity contribution < 1.29 is 29.0 Å². The Kier molecular flexibility index (Phi) is 8.73. The molecule has 3 N–H and O–H groups in total. The first-order valence-electron chi connectivity index (χ1n) is 7.62. The van der Waals surface area contributed by atoms with Crippen LogP contribution in [0.5, 0.6) is 0 Å². The number of carbonyl (C=O) groups excluding carboxylic acids is 3. The van der Waals surface area contributed by atoms with Gasteiger partial charge >= 0.3 is 18.0 Å². The molecule has 1 aromatic rings. The van der Waals surface area contributed by atoms with E-state index in [1.807, 2.05) is 6.07 Å². The van der Waals surface area contributed by atoms with Crippen molar-refractivity contribution in [2.24, 2.45) is 0 Å². The van der Waals surface area contributed by atoms with Gasteiger partial charge in [-0.15, -0.1) is 0 Å². The zero-order valence-electron chi connectivity index (χ0n) is 14.0. The molecule has 0 heterocycles. The molecular formula is C17H22N2O6. The minimum Gasteiger partial charge on any atom is -0.460 e. The molecule has 0 saturated carbocycles. The minimum absolute atomic E-state index is 0.0380. The van der Waals surface area contributed by atoms with Gasteiger partial charge < -0.3 is 25.2 Å². The zero-order valence-corrected chi connectivity index (χ0v) is 14.0. The Hall–Kier alpha value is -2.87. The van der Waals surface area contributed by atoms with Crippen LogP contribution in [0.2, 0.25) is 0 Å². The Labute approximate surface area is 145 Å². The lowest BCUT2D eigenvalue weighted by molar-refractivity contribution is -0.148. The Balaban J connectivity index is 2.31. The van der Waals surface area contributed by atoms with E-state index in [9.17, 15) is 19.5 Å². The van der Waals surface area contributed by atoms with Crippen molar-refractivity contribution in [2.45, 2.75) is 19.6 Å². The molecule has 1 rings (SSSR count). The van der Waals surface area contributed by atoms with Crippen LogP contribution in [-0.4, -0.2) is 48.9 Å². The molecule has 0 unspecified atom stereocenters. The largest absolute Gasteiger partial charge is 0.460 e. The number of benzene rings is 1. The lowest BCUT2D eigenvalue weighted by Gasteiger charge is -2.16. The average molecular weight is 350 g/mol. The smallest absolute Gasteiger partial charge is 0.333 e. The molecule has 1 aromatic carbocycles. The zero-order chi connectivity index (χ0) is 18.7. The van der Waals surface area contributed by atoms with Gasteiger partial charge in [-0.25, -0.2) is 14.4 Å². The third-order valence-electron chi connectivity index (χ3n) is 2.97. The monoisotopic (exact) mass is 350 g/mol. The number of aliphatic hydroxyl groups excluding tert-OH is 1. The second-order valence-electron chi connectivity index (χ2n) is 5.14. The summed E-state index contributed by atoms with van der Waals surface area (Å²) in [4.78, 5) is 34.7. The first-order valence-corrected chi connectivity index (χ1v) is 7.62. The fraction of sp³-hybridized carbons (Fsp3) is 0.353. The van der Waals surface area contributed by atoms with E-state index in [1.54, 1.807) is 24.3 Å². The van der Waals surface area contributed by atoms with E-state index in [1.165, 1.54) is 6.92 Å². The molecule has 0 radical (unpaired) electrons. The number of urea groups is 1. The third-order valence-corrected chi connectivity index (χ3v) is 2.97. The van der Waals surface area contributed by atoms with Crippen molar-refractivity contribution in [2.75, 3.05) is 19.8 Å². The van der Waals surface area contributed by atoms with Crippen LogP contribution in [0, 0.1) is 0 Å². The van der Waals surface area contributed by atoms with E-state index in [0.717, 1.165) is 5.56 Å². The highest BCUT2D eigenvalue weighted by atomic mass is 16.5. The number of amides is 2. The number of esters is 2. The highest BCUT2D eigenvalue weighted by Crippen LogP contribution is 2.02. The number of hydrogen-bond donors (Lipinski definition) is 3. The van der Waals surface area contributed by atoms with Gasteiger partial charge in [0.05, 0.1) is 13.2 Å². The summed E-state index contributed by atoms with van der Waals surface area (Å²) >= 11 is 0. The number of ether oxygens (including phenoxy) is 2. The number of nitrogens with one attached hydrogen (secondary N) is 2. The van der Waals surface area contributed by atoms with Gasteiger partial charge in [0.15, 0.2) is 6.04 Å². The fourth-order valence-electron chi connectivity index (χ4n) is 1.65. The minimum atomic E-state index is -1.19. The number of aliphatic hydroxyl groups is 1. The maximum absolute atomic E-state index is 11.9. The van der Waals surface area contributed by atoms with Crippen LogP contribution in [0.4, 0.5) is 4.79 Å². The molecule has 8 nitrogen and oxygen atoms in total. The van der Waals surface area contributed by atoms with Crippen molar-refractivity contribution in [3.05, 3.63) is 48.0 Å². The van der Waals surface area contributed by atoms with E-state index in [2.05, 4.69) is 17.2 Å². The first-order chi connectivity index (χ1) is 11.9. The van der Waals surface area contributed by atoms with Crippen LogP contribution in [0.1, 0.15) is 12.5 Å². The summed E-state index contributed by atoms with van der Waals surface area (Å²) in [6.45, 7) is 4.37. The predicted octanol–water partition coefficient (Wildman–Crippen LogP) is 0.509. The summed E-state index contributed by atoms with van der Waals surface area (Å²) in [5.74, 6) is -1.31. The molecule has 25 heavy (non-hydrogen) atoms. The normalized spacial score (nSPS) is 11.1. The van der Waals surface area contributed by atoms with Crippen molar-refractivity contribution >= 4 is 18.0 Å². The lowest BCUT2D eigenvalue weighted by atomic mass is 10.2. The van der Waals surface area contributed by atoms with Crippen LogP contribution in [0.3, 0.4) is 0 Å². The Bertz CT molecular complexity index is 602. The molecule has 8 heteroatoms. The second kappa shape index (κ2) is 10.8. The summed E-state index contributed by atoms with van der Waals surface area (Å²) in [6, 6.07) is 7.13. The van der Waals surface area contributed by atoms with E-state index < -0.39 is 30.6 Å². The molecule has 136 valence electrons. The predicted molar refractivity (Wildman–Crippen MR) is 89.4 cm³/mol. The van der Waals surface area contributed by atoms with Crippen LogP contribution in [0.15, 0.2) is 42.5 Å². The molecule has 0 fully saturated rings. The Morgan fingerprint density at radius 3 is 2.48 bits per heavy atom. The standard InChI is InChI=1S/C17H22N2O6/c1-12(2)15(21)24-9-8-18-17(23)19-14(10-20)16(22)25-11-13-6-4-3-5-7-13/h3-7,14,20H,1,8-11H2,2H3,(H2,18,19,23)/t14-/m0/s1. The molecule has 0 aromatic heterocycles. The number of hydrogen-bond acceptors (Lipinski definition) is 6. The van der Waals surface area contributed by atoms with Gasteiger partial charge in [0.2, 0.25) is 0 Å². The third kappa shape index (κ3) is 7.98. The van der Waals surface area contributed by atoms with Gasteiger partial charge in [-0.2, -0.15) is 0 Å². The molecule has 0 aliphatic carbocycles. The summed E-state index contributed by atoms with van der Waals surface area (Å²) < 4.78 is 9.84. The van der Waals surface area contributed by atoms with Gasteiger partial charge in [-0.3, -0.25) is 0 Å². The summed E-state index contributed by atoms with van der Waals surface area (Å²) in [7, 11) is 0. The number of carbonyl (C=O) groups is 3. The van der Waals surface area contributed by atoms with Crippen LogP contribution < -0.4 is 10.6 Å². The molecule has 2 amide bonds. The maximum atomic E-state index is 11.9. The van der Waals surface area contributed by atoms with E-state index in [-0.39, 0.29) is 25.3 Å². The first kappa shape index (κ1) is 20.2. The molecule has 0 spiro atoms. The highest BCUT2D eigenvalue weighted by molar-refractivity contribution is 5.87. The highest BCUT2D eigenvalue weighted by Gasteiger charge is 2.21. The number of rotatable bonds is 9. The topological polar surface area (TPSA) is 114 Å². The molecule has 0 aliphatic heterocycles. The van der Waals surface area contributed by atoms with Crippen LogP contribution in [-0.2, 0) is 25.7 Å². The van der Waals surface area contributed by atoms with Crippen molar-refractivity contribution in [3.63, 3.8) is 0 Å². The van der Waals surface area contributed by atoms with Gasteiger partial charge in [-0.05, 0) is 12.5 Å². The average Bonchev–Trinajstić information content (AvgIpc) is 2.61. The van der Waals surface area contributed by atoms with Crippen molar-refractivity contribution in [1.29, 1.82) is 0 Å². The fourth-order valence-corrected chi connectivity index (χ4v) is 1.65. The molecule has 1 atom stereocenters. The summed E-state index contributed by atoms with van der Waals surface area (Å²) in [5.41, 5.74) is 1.04. The Morgan fingerprint density at radius 1 is 1.20 bits per heavy atom. The van der Waals surface area contributed by atoms with Gasteiger partial charge in [-0.1, -0.05) is 36.9 Å². The van der Waals surface area contributed by atoms with E-state index >= 15 is 0 Å². The summed E-state index contributed by atoms with van der Waals surface area (Å²) in [5, 5.41) is 13.9. The van der Waals surface area contributed by atoms with Crippen LogP contribution >= 0.6 is 0 Å². The lowest BCUT2D eigenvalue weighted by Crippen LogP contribution is -2.49. The molecular weight excluding hydrogens is 328 g/mol. The van der Waals surface area contributed by atoms with Gasteiger partial charge in [0.25, 0.3) is 0 Å². The molecule has 0 bridgehead atoms. The Morgan fingerprint density at radius 2 is 1.88 bits per heavy atom. The maximum Gasteiger partial charge on any atom is 0.333 e. The van der Waals surface area contributed by atoms with E-state index in [0.29, 0.717) is 0 Å². The quantitative estimate of drug-likeness (QED) is 0.340.